The van der Waals surface area contributed by atoms with Crippen molar-refractivity contribution >= 4 is 51.9 Å². The molecule has 0 radical (unpaired) electrons. The summed E-state index contributed by atoms with van der Waals surface area (Å²) < 4.78 is 13.1. The molecule has 1 saturated heterocycles. The molecule has 1 aliphatic rings. The molecule has 164 valence electrons. The number of carbonyl (C=O) groups is 2. The third-order valence-corrected chi connectivity index (χ3v) is 6.89. The Bertz CT molecular complexity index is 1130. The molecular weight excluding hydrogens is 445 g/mol. The highest BCUT2D eigenvalue weighted by Gasteiger charge is 2.43. The van der Waals surface area contributed by atoms with Crippen LogP contribution in [0, 0.1) is 12.7 Å². The van der Waals surface area contributed by atoms with Crippen molar-refractivity contribution in [3.8, 4) is 0 Å². The standard InChI is InChI=1S/C24H22FN3O2S2/c1-16-12-14-32-21(16)11-13-27-20(15-22(29)26-18-9-7-17(25)8-10-18)23(30)28(24(27)31)19-5-3-2-4-6-19/h2-10,12,14,20H,11,13,15H2,1H3,(H,26,29)/t20-/m0/s1. The molecule has 1 atom stereocenters. The first-order valence-corrected chi connectivity index (χ1v) is 11.5. The van der Waals surface area contributed by atoms with Crippen LogP contribution < -0.4 is 10.2 Å². The average molecular weight is 468 g/mol. The maximum absolute atomic E-state index is 13.4. The van der Waals surface area contributed by atoms with Crippen LogP contribution in [-0.4, -0.2) is 34.4 Å². The summed E-state index contributed by atoms with van der Waals surface area (Å²) in [5, 5.41) is 5.18. The Balaban J connectivity index is 1.54. The van der Waals surface area contributed by atoms with E-state index in [1.54, 1.807) is 11.3 Å². The second-order valence-electron chi connectivity index (χ2n) is 7.54. The Hall–Kier alpha value is -3.10. The number of nitrogens with zero attached hydrogens (tertiary/aromatic N) is 2. The number of thiocarbonyl (C=S) groups is 1. The molecule has 2 heterocycles. The van der Waals surface area contributed by atoms with Crippen LogP contribution >= 0.6 is 23.6 Å². The summed E-state index contributed by atoms with van der Waals surface area (Å²) >= 11 is 7.36. The van der Waals surface area contributed by atoms with E-state index < -0.39 is 6.04 Å². The number of amides is 2. The van der Waals surface area contributed by atoms with Crippen LogP contribution in [-0.2, 0) is 16.0 Å². The summed E-state index contributed by atoms with van der Waals surface area (Å²) in [6.45, 7) is 2.59. The van der Waals surface area contributed by atoms with Gasteiger partial charge in [-0.2, -0.15) is 0 Å². The summed E-state index contributed by atoms with van der Waals surface area (Å²) in [6, 6.07) is 16.1. The monoisotopic (exact) mass is 467 g/mol. The van der Waals surface area contributed by atoms with E-state index >= 15 is 0 Å². The zero-order chi connectivity index (χ0) is 22.7. The van der Waals surface area contributed by atoms with Crippen LogP contribution in [0.1, 0.15) is 16.9 Å². The van der Waals surface area contributed by atoms with E-state index in [1.807, 2.05) is 40.6 Å². The zero-order valence-electron chi connectivity index (χ0n) is 17.5. The number of para-hydroxylation sites is 1. The van der Waals surface area contributed by atoms with E-state index in [0.29, 0.717) is 23.0 Å². The Morgan fingerprint density at radius 1 is 1.12 bits per heavy atom. The maximum Gasteiger partial charge on any atom is 0.256 e. The van der Waals surface area contributed by atoms with Crippen molar-refractivity contribution in [1.82, 2.24) is 4.90 Å². The lowest BCUT2D eigenvalue weighted by atomic mass is 10.1. The van der Waals surface area contributed by atoms with Gasteiger partial charge < -0.3 is 10.2 Å². The van der Waals surface area contributed by atoms with Gasteiger partial charge in [0.25, 0.3) is 5.91 Å². The number of hydrogen-bond acceptors (Lipinski definition) is 4. The van der Waals surface area contributed by atoms with E-state index in [4.69, 9.17) is 12.2 Å². The van der Waals surface area contributed by atoms with Crippen LogP contribution in [0.4, 0.5) is 15.8 Å². The Morgan fingerprint density at radius 3 is 2.50 bits per heavy atom. The maximum atomic E-state index is 13.4. The molecule has 0 saturated carbocycles. The fourth-order valence-electron chi connectivity index (χ4n) is 3.71. The van der Waals surface area contributed by atoms with Gasteiger partial charge in [0.2, 0.25) is 5.91 Å². The first-order chi connectivity index (χ1) is 15.4. The number of hydrogen-bond donors (Lipinski definition) is 1. The minimum absolute atomic E-state index is 0.0525. The summed E-state index contributed by atoms with van der Waals surface area (Å²) in [4.78, 5) is 30.7. The highest BCUT2D eigenvalue weighted by atomic mass is 32.1. The molecule has 3 aromatic rings. The van der Waals surface area contributed by atoms with Gasteiger partial charge in [-0.25, -0.2) is 4.39 Å². The van der Waals surface area contributed by atoms with Crippen molar-refractivity contribution in [2.24, 2.45) is 0 Å². The highest BCUT2D eigenvalue weighted by molar-refractivity contribution is 7.80. The van der Waals surface area contributed by atoms with Gasteiger partial charge >= 0.3 is 0 Å². The lowest BCUT2D eigenvalue weighted by molar-refractivity contribution is -0.124. The van der Waals surface area contributed by atoms with E-state index in [0.717, 1.165) is 6.42 Å². The molecule has 0 aliphatic carbocycles. The minimum atomic E-state index is -0.705. The smallest absolute Gasteiger partial charge is 0.256 e. The number of carbonyl (C=O) groups excluding carboxylic acids is 2. The first kappa shape index (κ1) is 22.1. The lowest BCUT2D eigenvalue weighted by Gasteiger charge is -2.23. The molecular formula is C24H22FN3O2S2. The average Bonchev–Trinajstić information content (AvgIpc) is 3.29. The molecule has 1 aromatic heterocycles. The van der Waals surface area contributed by atoms with Gasteiger partial charge in [-0.05, 0) is 79.0 Å². The molecule has 2 amide bonds. The van der Waals surface area contributed by atoms with Crippen molar-refractivity contribution in [2.45, 2.75) is 25.8 Å². The van der Waals surface area contributed by atoms with Crippen molar-refractivity contribution in [1.29, 1.82) is 0 Å². The van der Waals surface area contributed by atoms with Gasteiger partial charge in [0, 0.05) is 17.1 Å². The predicted octanol–water partition coefficient (Wildman–Crippen LogP) is 4.77. The number of thiophene rings is 1. The van der Waals surface area contributed by atoms with Crippen LogP contribution in [0.25, 0.3) is 0 Å². The third-order valence-electron chi connectivity index (χ3n) is 5.39. The second kappa shape index (κ2) is 9.58. The Labute approximate surface area is 195 Å². The fourth-order valence-corrected chi connectivity index (χ4v) is 5.02. The molecule has 5 nitrogen and oxygen atoms in total. The fraction of sp³-hybridized carbons (Fsp3) is 0.208. The van der Waals surface area contributed by atoms with Gasteiger partial charge in [0.1, 0.15) is 11.9 Å². The SMILES string of the molecule is Cc1ccsc1CCN1C(=S)N(c2ccccc2)C(=O)[C@@H]1CC(=O)Nc1ccc(F)cc1. The predicted molar refractivity (Wildman–Crippen MR) is 129 cm³/mol. The molecule has 0 unspecified atom stereocenters. The van der Waals surface area contributed by atoms with Crippen molar-refractivity contribution in [2.75, 3.05) is 16.8 Å². The number of nitrogens with one attached hydrogen (secondary N) is 1. The first-order valence-electron chi connectivity index (χ1n) is 10.2. The van der Waals surface area contributed by atoms with Crippen LogP contribution in [0.3, 0.4) is 0 Å². The van der Waals surface area contributed by atoms with Gasteiger partial charge in [-0.1, -0.05) is 18.2 Å². The molecule has 1 fully saturated rings. The topological polar surface area (TPSA) is 52.7 Å². The van der Waals surface area contributed by atoms with Crippen molar-refractivity contribution < 1.29 is 14.0 Å². The molecule has 32 heavy (non-hydrogen) atoms. The normalized spacial score (nSPS) is 16.0. The van der Waals surface area contributed by atoms with Crippen molar-refractivity contribution in [3.05, 3.63) is 82.3 Å². The zero-order valence-corrected chi connectivity index (χ0v) is 19.1. The van der Waals surface area contributed by atoms with E-state index in [1.165, 1.54) is 39.6 Å². The summed E-state index contributed by atoms with van der Waals surface area (Å²) in [6.07, 6.45) is 0.679. The van der Waals surface area contributed by atoms with E-state index in [2.05, 4.69) is 18.3 Å². The number of rotatable bonds is 7. The molecule has 8 heteroatoms. The molecule has 1 N–H and O–H groups in total. The lowest BCUT2D eigenvalue weighted by Crippen LogP contribution is -2.39. The van der Waals surface area contributed by atoms with Crippen LogP contribution in [0.15, 0.2) is 66.0 Å². The summed E-state index contributed by atoms with van der Waals surface area (Å²) in [5.74, 6) is -0.934. The van der Waals surface area contributed by atoms with E-state index in [9.17, 15) is 14.0 Å². The Kier molecular flexibility index (Phi) is 6.62. The second-order valence-corrected chi connectivity index (χ2v) is 8.90. The van der Waals surface area contributed by atoms with Gasteiger partial charge in [-0.15, -0.1) is 11.3 Å². The molecule has 1 aliphatic heterocycles. The molecule has 2 aromatic carbocycles. The number of anilines is 2. The quantitative estimate of drug-likeness (QED) is 0.509. The molecule has 4 rings (SSSR count). The van der Waals surface area contributed by atoms with Gasteiger partial charge in [0.15, 0.2) is 5.11 Å². The Morgan fingerprint density at radius 2 is 1.84 bits per heavy atom. The van der Waals surface area contributed by atoms with Crippen LogP contribution in [0.5, 0.6) is 0 Å². The third kappa shape index (κ3) is 4.71. The number of aryl methyl sites for hydroxylation is 1. The molecule has 0 bridgehead atoms. The summed E-state index contributed by atoms with van der Waals surface area (Å²) in [7, 11) is 0. The minimum Gasteiger partial charge on any atom is -0.336 e. The largest absolute Gasteiger partial charge is 0.336 e. The van der Waals surface area contributed by atoms with Crippen molar-refractivity contribution in [3.63, 3.8) is 0 Å². The summed E-state index contributed by atoms with van der Waals surface area (Å²) in [5.41, 5.74) is 2.36. The van der Waals surface area contributed by atoms with Crippen LogP contribution in [0.2, 0.25) is 0 Å². The molecule has 0 spiro atoms. The van der Waals surface area contributed by atoms with Gasteiger partial charge in [-0.3, -0.25) is 14.5 Å². The number of benzene rings is 2. The highest BCUT2D eigenvalue weighted by Crippen LogP contribution is 2.28. The van der Waals surface area contributed by atoms with Gasteiger partial charge in [0.05, 0.1) is 12.1 Å². The number of halogens is 1. The van der Waals surface area contributed by atoms with E-state index in [-0.39, 0.29) is 24.1 Å².